The monoisotopic (exact) mass is 236 g/mol. The van der Waals surface area contributed by atoms with Crippen LogP contribution >= 0.6 is 0 Å². The molecule has 0 aliphatic heterocycles. The van der Waals surface area contributed by atoms with Crippen molar-refractivity contribution >= 4 is 20.2 Å². The molecule has 0 spiro atoms. The fraction of sp³-hybridized carbons (Fsp3) is 1.00. The van der Waals surface area contributed by atoms with Crippen LogP contribution in [-0.4, -0.2) is 20.2 Å². The van der Waals surface area contributed by atoms with Crippen LogP contribution in [0.3, 0.4) is 0 Å². The van der Waals surface area contributed by atoms with E-state index in [0.717, 1.165) is 7.73 Å². The summed E-state index contributed by atoms with van der Waals surface area (Å²) < 4.78 is 3.59. The number of rotatable bonds is 3. The van der Waals surface area contributed by atoms with Crippen LogP contribution in [0, 0.1) is 0 Å². The fourth-order valence-corrected chi connectivity index (χ4v) is 8.90. The Balaban J connectivity index is 3.68. The molecule has 0 aromatic carbocycles. The first kappa shape index (κ1) is 9.82. The van der Waals surface area contributed by atoms with E-state index in [1.165, 1.54) is 4.37 Å². The standard InChI is InChI=1S/2C3H7.C2H5.Sb/c2*1-3-2;1-2;/h2*3H,1-2H3;1H2,2H3;. The van der Waals surface area contributed by atoms with Crippen molar-refractivity contribution in [2.75, 3.05) is 0 Å². The molecule has 56 valence electrons. The van der Waals surface area contributed by atoms with E-state index >= 15 is 0 Å². The van der Waals surface area contributed by atoms with Gasteiger partial charge >= 0.3 is 66.9 Å². The molecule has 0 aliphatic rings. The Morgan fingerprint density at radius 3 is 1.33 bits per heavy atom. The van der Waals surface area contributed by atoms with Gasteiger partial charge in [-0.1, -0.05) is 0 Å². The molecule has 0 saturated carbocycles. The molecule has 0 nitrogen and oxygen atoms in total. The minimum absolute atomic E-state index is 0.769. The summed E-state index contributed by atoms with van der Waals surface area (Å²) in [5.74, 6) is 0. The summed E-state index contributed by atoms with van der Waals surface area (Å²) in [5.41, 5.74) is 0. The van der Waals surface area contributed by atoms with Gasteiger partial charge in [0.2, 0.25) is 0 Å². The van der Waals surface area contributed by atoms with E-state index in [4.69, 9.17) is 0 Å². The van der Waals surface area contributed by atoms with Crippen molar-refractivity contribution in [1.82, 2.24) is 0 Å². The molecule has 0 saturated heterocycles. The quantitative estimate of drug-likeness (QED) is 0.660. The third kappa shape index (κ3) is 3.50. The Kier molecular flexibility index (Phi) is 5.02. The van der Waals surface area contributed by atoms with Crippen LogP contribution in [0.5, 0.6) is 0 Å². The van der Waals surface area contributed by atoms with Crippen molar-refractivity contribution in [2.24, 2.45) is 0 Å². The Morgan fingerprint density at radius 2 is 1.33 bits per heavy atom. The van der Waals surface area contributed by atoms with Crippen LogP contribution in [0.25, 0.3) is 0 Å². The van der Waals surface area contributed by atoms with E-state index in [2.05, 4.69) is 34.6 Å². The third-order valence-corrected chi connectivity index (χ3v) is 11.3. The predicted octanol–water partition coefficient (Wildman–Crippen LogP) is 3.32. The van der Waals surface area contributed by atoms with Gasteiger partial charge in [0.15, 0.2) is 0 Å². The third-order valence-electron chi connectivity index (χ3n) is 1.69. The summed E-state index contributed by atoms with van der Waals surface area (Å²) in [4.78, 5) is 0. The van der Waals surface area contributed by atoms with Gasteiger partial charge in [0, 0.05) is 0 Å². The van der Waals surface area contributed by atoms with Crippen molar-refractivity contribution in [3.05, 3.63) is 0 Å². The number of hydrogen-bond acceptors (Lipinski definition) is 0. The van der Waals surface area contributed by atoms with Crippen LogP contribution < -0.4 is 0 Å². The Bertz CT molecular complexity index is 59.0. The molecule has 1 heteroatoms. The van der Waals surface area contributed by atoms with E-state index in [9.17, 15) is 0 Å². The van der Waals surface area contributed by atoms with Crippen molar-refractivity contribution in [3.63, 3.8) is 0 Å². The Labute approximate surface area is 67.0 Å². The van der Waals surface area contributed by atoms with Gasteiger partial charge in [0.05, 0.1) is 0 Å². The molecular formula is C8H19Sb. The maximum atomic E-state index is 2.40. The first-order chi connectivity index (χ1) is 4.09. The molecule has 0 aromatic rings. The zero-order valence-electron chi connectivity index (χ0n) is 7.31. The van der Waals surface area contributed by atoms with Gasteiger partial charge in [-0.15, -0.1) is 0 Å². The van der Waals surface area contributed by atoms with Crippen LogP contribution in [0.4, 0.5) is 0 Å². The summed E-state index contributed by atoms with van der Waals surface area (Å²) in [6, 6.07) is 0. The minimum atomic E-state index is -0.769. The Hall–Kier alpha value is 0.818. The molecule has 0 unspecified atom stereocenters. The van der Waals surface area contributed by atoms with Crippen molar-refractivity contribution in [1.29, 1.82) is 0 Å². The zero-order chi connectivity index (χ0) is 7.44. The van der Waals surface area contributed by atoms with E-state index in [0.29, 0.717) is 0 Å². The van der Waals surface area contributed by atoms with E-state index in [1.807, 2.05) is 0 Å². The van der Waals surface area contributed by atoms with Gasteiger partial charge in [0.25, 0.3) is 0 Å². The molecule has 0 aliphatic carbocycles. The van der Waals surface area contributed by atoms with Crippen LogP contribution in [0.15, 0.2) is 0 Å². The van der Waals surface area contributed by atoms with Gasteiger partial charge in [-0.05, 0) is 0 Å². The average Bonchev–Trinajstić information content (AvgIpc) is 1.64. The first-order valence-corrected chi connectivity index (χ1v) is 8.60. The van der Waals surface area contributed by atoms with E-state index in [-0.39, 0.29) is 0 Å². The van der Waals surface area contributed by atoms with Gasteiger partial charge < -0.3 is 0 Å². The average molecular weight is 237 g/mol. The number of hydrogen-bond donors (Lipinski definition) is 0. The second-order valence-electron chi connectivity index (χ2n) is 3.02. The zero-order valence-corrected chi connectivity index (χ0v) is 9.86. The van der Waals surface area contributed by atoms with Crippen LogP contribution in [0.1, 0.15) is 34.6 Å². The SMILES string of the molecule is C[CH2][Sb]([CH](C)C)[CH](C)C. The van der Waals surface area contributed by atoms with Crippen molar-refractivity contribution < 1.29 is 0 Å². The second kappa shape index (κ2) is 4.61. The summed E-state index contributed by atoms with van der Waals surface area (Å²) in [7, 11) is 0. The van der Waals surface area contributed by atoms with Gasteiger partial charge in [-0.3, -0.25) is 0 Å². The Morgan fingerprint density at radius 1 is 1.00 bits per heavy atom. The normalized spacial score (nSPS) is 12.0. The molecule has 0 N–H and O–H groups in total. The summed E-state index contributed by atoms with van der Waals surface area (Å²) in [6.07, 6.45) is 0. The van der Waals surface area contributed by atoms with Crippen molar-refractivity contribution in [3.8, 4) is 0 Å². The maximum absolute atomic E-state index is 2.40. The molecule has 0 atom stereocenters. The summed E-state index contributed by atoms with van der Waals surface area (Å²) >= 11 is -0.769. The second-order valence-corrected chi connectivity index (χ2v) is 13.7. The molecular weight excluding hydrogens is 218 g/mol. The molecule has 0 fully saturated rings. The van der Waals surface area contributed by atoms with Gasteiger partial charge in [0.1, 0.15) is 0 Å². The van der Waals surface area contributed by atoms with Crippen LogP contribution in [0.2, 0.25) is 12.1 Å². The van der Waals surface area contributed by atoms with Gasteiger partial charge in [-0.25, -0.2) is 0 Å². The van der Waals surface area contributed by atoms with Crippen LogP contribution in [-0.2, 0) is 0 Å². The topological polar surface area (TPSA) is 0 Å². The molecule has 9 heavy (non-hydrogen) atoms. The molecule has 0 heterocycles. The summed E-state index contributed by atoms with van der Waals surface area (Å²) in [6.45, 7) is 11.9. The predicted molar refractivity (Wildman–Crippen MR) is 46.4 cm³/mol. The van der Waals surface area contributed by atoms with Gasteiger partial charge in [-0.2, -0.15) is 0 Å². The van der Waals surface area contributed by atoms with Crippen molar-refractivity contribution in [2.45, 2.75) is 46.7 Å². The van der Waals surface area contributed by atoms with E-state index < -0.39 is 20.2 Å². The summed E-state index contributed by atoms with van der Waals surface area (Å²) in [5, 5.41) is 0. The molecule has 0 radical (unpaired) electrons. The molecule has 0 amide bonds. The fourth-order valence-electron chi connectivity index (χ4n) is 1.33. The van der Waals surface area contributed by atoms with E-state index in [1.54, 1.807) is 0 Å². The molecule has 0 aromatic heterocycles. The first-order valence-electron chi connectivity index (χ1n) is 3.85. The molecule has 0 rings (SSSR count). The molecule has 0 bridgehead atoms.